The summed E-state index contributed by atoms with van der Waals surface area (Å²) in [5.41, 5.74) is 2.57. The Hall–Kier alpha value is -2.78. The van der Waals surface area contributed by atoms with Gasteiger partial charge in [-0.3, -0.25) is 4.79 Å². The Kier molecular flexibility index (Phi) is 6.15. The molecular formula is C21H22N2O3S. The van der Waals surface area contributed by atoms with Crippen LogP contribution >= 0.6 is 11.3 Å². The van der Waals surface area contributed by atoms with Crippen LogP contribution in [0.25, 0.3) is 6.08 Å². The highest BCUT2D eigenvalue weighted by Crippen LogP contribution is 2.37. The molecule has 5 nitrogen and oxygen atoms in total. The van der Waals surface area contributed by atoms with Crippen LogP contribution in [-0.2, 0) is 17.6 Å². The van der Waals surface area contributed by atoms with Gasteiger partial charge in [0.05, 0.1) is 19.3 Å². The highest BCUT2D eigenvalue weighted by molar-refractivity contribution is 7.16. The Morgan fingerprint density at radius 2 is 2.15 bits per heavy atom. The number of rotatable bonds is 6. The molecule has 0 spiro atoms. The molecule has 1 aromatic heterocycles. The number of ether oxygens (including phenoxy) is 2. The fourth-order valence-corrected chi connectivity index (χ4v) is 4.40. The fraction of sp³-hybridized carbons (Fsp3) is 0.333. The van der Waals surface area contributed by atoms with Gasteiger partial charge in [-0.05, 0) is 61.9 Å². The summed E-state index contributed by atoms with van der Waals surface area (Å²) in [5.74, 6) is 1.04. The van der Waals surface area contributed by atoms with E-state index in [9.17, 15) is 10.1 Å². The predicted molar refractivity (Wildman–Crippen MR) is 108 cm³/mol. The number of carbonyl (C=O) groups is 1. The third-order valence-corrected chi connectivity index (χ3v) is 5.64. The standard InChI is InChI=1S/C21H22N2O3S/c1-3-26-17-10-8-14(12-18(17)25-2)9-11-20(24)23-21-16(13-22)15-6-4-5-7-19(15)27-21/h8-12H,3-7H2,1-2H3,(H,23,24). The average molecular weight is 382 g/mol. The van der Waals surface area contributed by atoms with Crippen LogP contribution in [-0.4, -0.2) is 19.6 Å². The minimum atomic E-state index is -0.252. The quantitative estimate of drug-likeness (QED) is 0.744. The highest BCUT2D eigenvalue weighted by Gasteiger charge is 2.21. The van der Waals surface area contributed by atoms with Crippen molar-refractivity contribution in [2.45, 2.75) is 32.6 Å². The lowest BCUT2D eigenvalue weighted by Gasteiger charge is -2.09. The van der Waals surface area contributed by atoms with E-state index in [4.69, 9.17) is 9.47 Å². The van der Waals surface area contributed by atoms with Gasteiger partial charge in [0.25, 0.3) is 0 Å². The first kappa shape index (κ1) is 19.0. The third kappa shape index (κ3) is 4.32. The first-order valence-electron chi connectivity index (χ1n) is 9.00. The zero-order valence-electron chi connectivity index (χ0n) is 15.5. The maximum absolute atomic E-state index is 12.3. The molecule has 0 saturated carbocycles. The van der Waals surface area contributed by atoms with Crippen molar-refractivity contribution in [1.82, 2.24) is 0 Å². The minimum absolute atomic E-state index is 0.252. The molecule has 0 saturated heterocycles. The molecule has 0 radical (unpaired) electrons. The number of benzene rings is 1. The second kappa shape index (κ2) is 8.74. The molecule has 0 unspecified atom stereocenters. The zero-order valence-corrected chi connectivity index (χ0v) is 16.3. The van der Waals surface area contributed by atoms with Crippen LogP contribution in [0.2, 0.25) is 0 Å². The lowest BCUT2D eigenvalue weighted by Crippen LogP contribution is -2.07. The molecule has 2 aromatic rings. The van der Waals surface area contributed by atoms with Crippen LogP contribution in [0.3, 0.4) is 0 Å². The molecule has 0 fully saturated rings. The molecule has 1 aliphatic carbocycles. The molecular weight excluding hydrogens is 360 g/mol. The van der Waals surface area contributed by atoms with Gasteiger partial charge >= 0.3 is 0 Å². The molecule has 140 valence electrons. The summed E-state index contributed by atoms with van der Waals surface area (Å²) in [6, 6.07) is 7.76. The van der Waals surface area contributed by atoms with E-state index < -0.39 is 0 Å². The number of fused-ring (bicyclic) bond motifs is 1. The van der Waals surface area contributed by atoms with Crippen molar-refractivity contribution < 1.29 is 14.3 Å². The molecule has 0 aliphatic heterocycles. The molecule has 0 bridgehead atoms. The van der Waals surface area contributed by atoms with Crippen molar-refractivity contribution in [3.05, 3.63) is 45.8 Å². The van der Waals surface area contributed by atoms with Crippen molar-refractivity contribution in [3.63, 3.8) is 0 Å². The monoisotopic (exact) mass is 382 g/mol. The lowest BCUT2D eigenvalue weighted by molar-refractivity contribution is -0.111. The molecule has 1 N–H and O–H groups in total. The Labute approximate surface area is 163 Å². The first-order chi connectivity index (χ1) is 13.2. The van der Waals surface area contributed by atoms with Gasteiger partial charge < -0.3 is 14.8 Å². The van der Waals surface area contributed by atoms with E-state index in [-0.39, 0.29) is 5.91 Å². The van der Waals surface area contributed by atoms with Crippen LogP contribution in [0.5, 0.6) is 11.5 Å². The van der Waals surface area contributed by atoms with Gasteiger partial charge in [-0.2, -0.15) is 5.26 Å². The maximum atomic E-state index is 12.3. The number of anilines is 1. The van der Waals surface area contributed by atoms with E-state index in [0.717, 1.165) is 36.8 Å². The SMILES string of the molecule is CCOc1ccc(C=CC(=O)Nc2sc3c(c2C#N)CCCC3)cc1OC. The Morgan fingerprint density at radius 3 is 2.89 bits per heavy atom. The number of nitriles is 1. The van der Waals surface area contributed by atoms with Crippen LogP contribution in [0, 0.1) is 11.3 Å². The van der Waals surface area contributed by atoms with E-state index >= 15 is 0 Å². The van der Waals surface area contributed by atoms with Crippen molar-refractivity contribution in [2.24, 2.45) is 0 Å². The Balaban J connectivity index is 1.73. The number of hydrogen-bond acceptors (Lipinski definition) is 5. The molecule has 1 aliphatic rings. The lowest BCUT2D eigenvalue weighted by atomic mass is 9.96. The maximum Gasteiger partial charge on any atom is 0.249 e. The van der Waals surface area contributed by atoms with Gasteiger partial charge in [-0.15, -0.1) is 11.3 Å². The fourth-order valence-electron chi connectivity index (χ4n) is 3.16. The predicted octanol–water partition coefficient (Wildman–Crippen LogP) is 4.56. The summed E-state index contributed by atoms with van der Waals surface area (Å²) in [7, 11) is 1.58. The van der Waals surface area contributed by atoms with Gasteiger partial charge in [0.1, 0.15) is 11.1 Å². The summed E-state index contributed by atoms with van der Waals surface area (Å²) in [4.78, 5) is 13.6. The topological polar surface area (TPSA) is 71.3 Å². The smallest absolute Gasteiger partial charge is 0.249 e. The highest BCUT2D eigenvalue weighted by atomic mass is 32.1. The molecule has 0 atom stereocenters. The van der Waals surface area contributed by atoms with Gasteiger partial charge in [-0.1, -0.05) is 6.07 Å². The van der Waals surface area contributed by atoms with Crippen molar-refractivity contribution >= 4 is 28.3 Å². The number of nitrogens with one attached hydrogen (secondary N) is 1. The van der Waals surface area contributed by atoms with Crippen molar-refractivity contribution in [2.75, 3.05) is 19.0 Å². The van der Waals surface area contributed by atoms with E-state index in [1.54, 1.807) is 13.2 Å². The molecule has 1 aromatic carbocycles. The van der Waals surface area contributed by atoms with Gasteiger partial charge in [0.15, 0.2) is 11.5 Å². The molecule has 1 heterocycles. The molecule has 27 heavy (non-hydrogen) atoms. The first-order valence-corrected chi connectivity index (χ1v) is 9.82. The Bertz CT molecular complexity index is 909. The normalized spacial score (nSPS) is 13.1. The number of nitrogens with zero attached hydrogens (tertiary/aromatic N) is 1. The van der Waals surface area contributed by atoms with E-state index in [2.05, 4.69) is 11.4 Å². The number of methoxy groups -OCH3 is 1. The van der Waals surface area contributed by atoms with Crippen LogP contribution in [0.1, 0.15) is 41.3 Å². The third-order valence-electron chi connectivity index (χ3n) is 4.43. The number of amides is 1. The van der Waals surface area contributed by atoms with E-state index in [1.165, 1.54) is 22.3 Å². The average Bonchev–Trinajstić information content (AvgIpc) is 3.04. The van der Waals surface area contributed by atoms with Crippen LogP contribution < -0.4 is 14.8 Å². The summed E-state index contributed by atoms with van der Waals surface area (Å²) < 4.78 is 10.8. The molecule has 3 rings (SSSR count). The second-order valence-electron chi connectivity index (χ2n) is 6.19. The number of carbonyl (C=O) groups excluding carboxylic acids is 1. The number of hydrogen-bond donors (Lipinski definition) is 1. The number of aryl methyl sites for hydroxylation is 1. The minimum Gasteiger partial charge on any atom is -0.493 e. The van der Waals surface area contributed by atoms with Crippen LogP contribution in [0.15, 0.2) is 24.3 Å². The second-order valence-corrected chi connectivity index (χ2v) is 7.30. The van der Waals surface area contributed by atoms with Crippen molar-refractivity contribution in [3.8, 4) is 17.6 Å². The van der Waals surface area contributed by atoms with Gasteiger partial charge in [-0.25, -0.2) is 0 Å². The largest absolute Gasteiger partial charge is 0.493 e. The van der Waals surface area contributed by atoms with Crippen LogP contribution in [0.4, 0.5) is 5.00 Å². The summed E-state index contributed by atoms with van der Waals surface area (Å²) in [6.07, 6.45) is 7.34. The molecule has 1 amide bonds. The van der Waals surface area contributed by atoms with Crippen molar-refractivity contribution in [1.29, 1.82) is 5.26 Å². The zero-order chi connectivity index (χ0) is 19.2. The summed E-state index contributed by atoms with van der Waals surface area (Å²) in [5, 5.41) is 13.0. The van der Waals surface area contributed by atoms with Gasteiger partial charge in [0.2, 0.25) is 5.91 Å². The van der Waals surface area contributed by atoms with E-state index in [0.29, 0.717) is 28.7 Å². The molecule has 6 heteroatoms. The summed E-state index contributed by atoms with van der Waals surface area (Å²) >= 11 is 1.53. The Morgan fingerprint density at radius 1 is 1.33 bits per heavy atom. The van der Waals surface area contributed by atoms with E-state index in [1.807, 2.05) is 25.1 Å². The van der Waals surface area contributed by atoms with Gasteiger partial charge in [0, 0.05) is 11.0 Å². The number of thiophene rings is 1. The summed E-state index contributed by atoms with van der Waals surface area (Å²) in [6.45, 7) is 2.47.